The summed E-state index contributed by atoms with van der Waals surface area (Å²) in [4.78, 5) is 32.7. The van der Waals surface area contributed by atoms with Crippen molar-refractivity contribution in [3.8, 4) is 0 Å². The van der Waals surface area contributed by atoms with Crippen LogP contribution in [-0.2, 0) is 22.7 Å². The van der Waals surface area contributed by atoms with E-state index in [4.69, 9.17) is 0 Å². The van der Waals surface area contributed by atoms with Crippen LogP contribution in [0.25, 0.3) is 11.0 Å². The van der Waals surface area contributed by atoms with Crippen molar-refractivity contribution >= 4 is 22.8 Å². The summed E-state index contributed by atoms with van der Waals surface area (Å²) in [6.45, 7) is 6.48. The van der Waals surface area contributed by atoms with Crippen molar-refractivity contribution in [3.05, 3.63) is 30.1 Å². The Hall–Kier alpha value is -2.37. The predicted octanol–water partition coefficient (Wildman–Crippen LogP) is 1.88. The summed E-state index contributed by atoms with van der Waals surface area (Å²) in [5.41, 5.74) is 2.03. The number of carbonyl (C=O) groups excluding carboxylic acids is 2. The van der Waals surface area contributed by atoms with Gasteiger partial charge in [-0.2, -0.15) is 0 Å². The summed E-state index contributed by atoms with van der Waals surface area (Å²) in [6.07, 6.45) is 0.321. The van der Waals surface area contributed by atoms with Gasteiger partial charge in [-0.15, -0.1) is 0 Å². The van der Waals surface area contributed by atoms with Gasteiger partial charge in [0.2, 0.25) is 11.8 Å². The molecule has 1 aromatic heterocycles. The third kappa shape index (κ3) is 2.88. The monoisotopic (exact) mass is 328 g/mol. The molecule has 0 saturated carbocycles. The first kappa shape index (κ1) is 16.5. The fourth-order valence-electron chi connectivity index (χ4n) is 3.44. The molecular weight excluding hydrogens is 304 g/mol. The Kier molecular flexibility index (Phi) is 4.55. The Balaban J connectivity index is 1.76. The van der Waals surface area contributed by atoms with Crippen LogP contribution < -0.4 is 0 Å². The number of imidazole rings is 1. The van der Waals surface area contributed by atoms with Gasteiger partial charge < -0.3 is 14.4 Å². The zero-order chi connectivity index (χ0) is 17.3. The summed E-state index contributed by atoms with van der Waals surface area (Å²) in [5.74, 6) is 0.743. The van der Waals surface area contributed by atoms with Gasteiger partial charge in [-0.1, -0.05) is 12.1 Å². The van der Waals surface area contributed by atoms with Crippen molar-refractivity contribution < 1.29 is 9.59 Å². The second-order valence-electron chi connectivity index (χ2n) is 6.29. The lowest BCUT2D eigenvalue weighted by molar-refractivity contribution is -0.135. The molecule has 0 bridgehead atoms. The summed E-state index contributed by atoms with van der Waals surface area (Å²) in [7, 11) is 1.79. The Morgan fingerprint density at radius 2 is 2.04 bits per heavy atom. The van der Waals surface area contributed by atoms with E-state index in [1.54, 1.807) is 16.8 Å². The average Bonchev–Trinajstić information content (AvgIpc) is 3.13. The standard InChI is InChI=1S/C18H24N4O2/c1-4-21-11-13(10-17(21)23)18(24)20(3)12-16-19-14-8-6-7-9-15(14)22(16)5-2/h6-9,13H,4-5,10-12H2,1-3H3/t13-/m0/s1. The minimum atomic E-state index is -0.234. The summed E-state index contributed by atoms with van der Waals surface area (Å²) >= 11 is 0. The molecule has 1 aliphatic heterocycles. The highest BCUT2D eigenvalue weighted by molar-refractivity contribution is 5.89. The van der Waals surface area contributed by atoms with Crippen molar-refractivity contribution in [2.24, 2.45) is 5.92 Å². The molecule has 128 valence electrons. The number of aryl methyl sites for hydroxylation is 1. The smallest absolute Gasteiger partial charge is 0.228 e. The number of likely N-dealkylation sites (tertiary alicyclic amines) is 1. The van der Waals surface area contributed by atoms with E-state index in [1.807, 2.05) is 31.2 Å². The number of hydrogen-bond acceptors (Lipinski definition) is 3. The lowest BCUT2D eigenvalue weighted by atomic mass is 10.1. The number of aromatic nitrogens is 2. The van der Waals surface area contributed by atoms with Gasteiger partial charge in [0.1, 0.15) is 5.82 Å². The van der Waals surface area contributed by atoms with Crippen molar-refractivity contribution in [2.45, 2.75) is 33.4 Å². The second-order valence-corrected chi connectivity index (χ2v) is 6.29. The van der Waals surface area contributed by atoms with Crippen molar-refractivity contribution in [2.75, 3.05) is 20.1 Å². The number of para-hydroxylation sites is 2. The van der Waals surface area contributed by atoms with E-state index in [0.29, 0.717) is 26.1 Å². The molecular formula is C18H24N4O2. The molecule has 0 N–H and O–H groups in total. The molecule has 1 atom stereocenters. The van der Waals surface area contributed by atoms with Crippen LogP contribution in [0.5, 0.6) is 0 Å². The molecule has 2 aromatic rings. The van der Waals surface area contributed by atoms with Gasteiger partial charge in [-0.3, -0.25) is 9.59 Å². The van der Waals surface area contributed by atoms with Crippen LogP contribution in [0.2, 0.25) is 0 Å². The van der Waals surface area contributed by atoms with Gasteiger partial charge >= 0.3 is 0 Å². The van der Waals surface area contributed by atoms with Gasteiger partial charge in [0.05, 0.1) is 23.5 Å². The largest absolute Gasteiger partial charge is 0.342 e. The number of fused-ring (bicyclic) bond motifs is 1. The maximum Gasteiger partial charge on any atom is 0.228 e. The van der Waals surface area contributed by atoms with Crippen molar-refractivity contribution in [3.63, 3.8) is 0 Å². The van der Waals surface area contributed by atoms with E-state index >= 15 is 0 Å². The molecule has 0 unspecified atom stereocenters. The van der Waals surface area contributed by atoms with Gasteiger partial charge in [0.15, 0.2) is 0 Å². The summed E-state index contributed by atoms with van der Waals surface area (Å²) in [5, 5.41) is 0. The SMILES string of the molecule is CCN1C[C@@H](C(=O)N(C)Cc2nc3ccccc3n2CC)CC1=O. The van der Waals surface area contributed by atoms with Crippen LogP contribution in [0, 0.1) is 5.92 Å². The number of amides is 2. The fraction of sp³-hybridized carbons (Fsp3) is 0.500. The highest BCUT2D eigenvalue weighted by Crippen LogP contribution is 2.21. The highest BCUT2D eigenvalue weighted by atomic mass is 16.2. The fourth-order valence-corrected chi connectivity index (χ4v) is 3.44. The lowest BCUT2D eigenvalue weighted by Crippen LogP contribution is -2.35. The molecule has 1 aromatic carbocycles. The van der Waals surface area contributed by atoms with E-state index in [-0.39, 0.29) is 17.7 Å². The Morgan fingerprint density at radius 1 is 1.29 bits per heavy atom. The van der Waals surface area contributed by atoms with Crippen molar-refractivity contribution in [1.29, 1.82) is 0 Å². The van der Waals surface area contributed by atoms with Gasteiger partial charge in [-0.05, 0) is 26.0 Å². The lowest BCUT2D eigenvalue weighted by Gasteiger charge is -2.21. The molecule has 1 aliphatic rings. The van der Waals surface area contributed by atoms with Crippen LogP contribution in [0.1, 0.15) is 26.1 Å². The third-order valence-corrected chi connectivity index (χ3v) is 4.75. The van der Waals surface area contributed by atoms with Crippen molar-refractivity contribution in [1.82, 2.24) is 19.4 Å². The quantitative estimate of drug-likeness (QED) is 0.842. The predicted molar refractivity (Wildman–Crippen MR) is 92.2 cm³/mol. The molecule has 0 spiro atoms. The molecule has 0 aliphatic carbocycles. The molecule has 1 saturated heterocycles. The van der Waals surface area contributed by atoms with E-state index in [2.05, 4.69) is 16.5 Å². The van der Waals surface area contributed by atoms with Crippen LogP contribution in [0.4, 0.5) is 0 Å². The van der Waals surface area contributed by atoms with Crippen LogP contribution in [-0.4, -0.2) is 51.3 Å². The zero-order valence-corrected chi connectivity index (χ0v) is 14.5. The summed E-state index contributed by atoms with van der Waals surface area (Å²) in [6, 6.07) is 8.00. The molecule has 1 fully saturated rings. The maximum absolute atomic E-state index is 12.7. The molecule has 3 rings (SSSR count). The number of benzene rings is 1. The van der Waals surface area contributed by atoms with Gasteiger partial charge in [0.25, 0.3) is 0 Å². The molecule has 24 heavy (non-hydrogen) atoms. The average molecular weight is 328 g/mol. The minimum Gasteiger partial charge on any atom is -0.342 e. The molecule has 2 amide bonds. The van der Waals surface area contributed by atoms with Gasteiger partial charge in [0, 0.05) is 33.1 Å². The topological polar surface area (TPSA) is 58.4 Å². The van der Waals surface area contributed by atoms with E-state index in [1.165, 1.54) is 0 Å². The Morgan fingerprint density at radius 3 is 2.71 bits per heavy atom. The minimum absolute atomic E-state index is 0.0222. The number of nitrogens with zero attached hydrogens (tertiary/aromatic N) is 4. The number of rotatable bonds is 5. The van der Waals surface area contributed by atoms with Crippen LogP contribution in [0.15, 0.2) is 24.3 Å². The first-order chi connectivity index (χ1) is 11.5. The normalized spacial score (nSPS) is 17.7. The zero-order valence-electron chi connectivity index (χ0n) is 14.5. The molecule has 2 heterocycles. The first-order valence-corrected chi connectivity index (χ1v) is 8.52. The maximum atomic E-state index is 12.7. The number of carbonyl (C=O) groups is 2. The van der Waals surface area contributed by atoms with E-state index in [9.17, 15) is 9.59 Å². The van der Waals surface area contributed by atoms with E-state index < -0.39 is 0 Å². The van der Waals surface area contributed by atoms with Crippen LogP contribution in [0.3, 0.4) is 0 Å². The Labute approximate surface area is 142 Å². The molecule has 6 nitrogen and oxygen atoms in total. The summed E-state index contributed by atoms with van der Waals surface area (Å²) < 4.78 is 2.14. The first-order valence-electron chi connectivity index (χ1n) is 8.52. The van der Waals surface area contributed by atoms with E-state index in [0.717, 1.165) is 23.4 Å². The third-order valence-electron chi connectivity index (χ3n) is 4.75. The molecule has 6 heteroatoms. The van der Waals surface area contributed by atoms with Gasteiger partial charge in [-0.25, -0.2) is 4.98 Å². The number of hydrogen-bond donors (Lipinski definition) is 0. The highest BCUT2D eigenvalue weighted by Gasteiger charge is 2.35. The second kappa shape index (κ2) is 6.63. The van der Waals surface area contributed by atoms with Crippen LogP contribution >= 0.6 is 0 Å². The molecule has 0 radical (unpaired) electrons. The Bertz CT molecular complexity index is 767.